The second-order valence-corrected chi connectivity index (χ2v) is 13.2. The van der Waals surface area contributed by atoms with Crippen molar-refractivity contribution in [2.24, 2.45) is 7.05 Å². The number of aryl methyl sites for hydroxylation is 2. The number of amides is 1. The maximum atomic E-state index is 13.3. The van der Waals surface area contributed by atoms with E-state index in [2.05, 4.69) is 76.2 Å². The van der Waals surface area contributed by atoms with Gasteiger partial charge in [-0.15, -0.1) is 0 Å². The molecule has 7 rings (SSSR count). The molecule has 0 bridgehead atoms. The van der Waals surface area contributed by atoms with Crippen LogP contribution >= 0.6 is 0 Å². The van der Waals surface area contributed by atoms with E-state index in [1.165, 1.54) is 28.4 Å². The Kier molecular flexibility index (Phi) is 9.00. The number of ether oxygens (including phenoxy) is 1. The van der Waals surface area contributed by atoms with Gasteiger partial charge in [-0.1, -0.05) is 30.3 Å². The van der Waals surface area contributed by atoms with Crippen molar-refractivity contribution >= 4 is 34.3 Å². The van der Waals surface area contributed by atoms with E-state index in [-0.39, 0.29) is 18.4 Å². The van der Waals surface area contributed by atoms with E-state index in [1.807, 2.05) is 18.1 Å². The quantitative estimate of drug-likeness (QED) is 0.259. The molecule has 2 aromatic carbocycles. The SMILES string of the molecule is Cc1cccc2cccc(N3CCc4c(nc(OCC5CCCN5C)nc4N4CCN(C(=O)/C=C/c5cnn(C)c5)C(CC#N)C4)C3)c12. The van der Waals surface area contributed by atoms with E-state index in [9.17, 15) is 10.1 Å². The summed E-state index contributed by atoms with van der Waals surface area (Å²) in [6.45, 7) is 6.89. The average Bonchev–Trinajstić information content (AvgIpc) is 3.72. The number of rotatable bonds is 8. The monoisotopic (exact) mass is 645 g/mol. The standard InChI is InChI=1S/C37H43N9O2/c1-26-7-4-8-28-9-5-11-33(35(26)28)44-18-15-31-32(24-44)40-37(48-25-30-10-6-17-42(30)2)41-36(31)45-19-20-46(29(23-45)14-16-38)34(47)13-12-27-21-39-43(3)22-27/h4-5,7-9,11-13,21-22,29-30H,6,10,14-15,17-20,23-25H2,1-3H3/b13-12+. The lowest BCUT2D eigenvalue weighted by Gasteiger charge is -2.42. The van der Waals surface area contributed by atoms with Crippen molar-refractivity contribution in [3.63, 3.8) is 0 Å². The predicted molar refractivity (Wildman–Crippen MR) is 187 cm³/mol. The van der Waals surface area contributed by atoms with Crippen molar-refractivity contribution in [2.45, 2.75) is 51.2 Å². The summed E-state index contributed by atoms with van der Waals surface area (Å²) in [5.41, 5.74) is 5.43. The Balaban J connectivity index is 1.17. The summed E-state index contributed by atoms with van der Waals surface area (Å²) >= 11 is 0. The highest BCUT2D eigenvalue weighted by molar-refractivity contribution is 5.97. The molecule has 0 radical (unpaired) electrons. The van der Waals surface area contributed by atoms with Crippen LogP contribution in [0.25, 0.3) is 16.8 Å². The van der Waals surface area contributed by atoms with E-state index in [1.54, 1.807) is 23.0 Å². The van der Waals surface area contributed by atoms with Gasteiger partial charge < -0.3 is 24.3 Å². The lowest BCUT2D eigenvalue weighted by Crippen LogP contribution is -2.55. The fraction of sp³-hybridized carbons (Fsp3) is 0.432. The molecular weight excluding hydrogens is 602 g/mol. The van der Waals surface area contributed by atoms with Gasteiger partial charge in [-0.05, 0) is 62.9 Å². The van der Waals surface area contributed by atoms with Gasteiger partial charge in [0, 0.05) is 73.7 Å². The van der Waals surface area contributed by atoms with Crippen LogP contribution < -0.4 is 14.5 Å². The third kappa shape index (κ3) is 6.45. The first-order valence-electron chi connectivity index (χ1n) is 16.9. The lowest BCUT2D eigenvalue weighted by molar-refractivity contribution is -0.128. The maximum absolute atomic E-state index is 13.3. The first-order chi connectivity index (χ1) is 23.4. The second-order valence-electron chi connectivity index (χ2n) is 13.2. The molecule has 2 aromatic heterocycles. The molecule has 5 heterocycles. The van der Waals surface area contributed by atoms with Crippen LogP contribution in [-0.4, -0.2) is 93.9 Å². The Morgan fingerprint density at radius 1 is 1.06 bits per heavy atom. The molecular formula is C37H43N9O2. The van der Waals surface area contributed by atoms with Crippen LogP contribution in [0, 0.1) is 18.3 Å². The fourth-order valence-corrected chi connectivity index (χ4v) is 7.46. The van der Waals surface area contributed by atoms with Crippen LogP contribution in [0.5, 0.6) is 6.01 Å². The van der Waals surface area contributed by atoms with Gasteiger partial charge in [-0.25, -0.2) is 0 Å². The minimum Gasteiger partial charge on any atom is -0.462 e. The summed E-state index contributed by atoms with van der Waals surface area (Å²) in [6, 6.07) is 15.8. The minimum absolute atomic E-state index is 0.103. The van der Waals surface area contributed by atoms with E-state index in [0.29, 0.717) is 44.8 Å². The zero-order valence-electron chi connectivity index (χ0n) is 28.0. The maximum Gasteiger partial charge on any atom is 0.318 e. The van der Waals surface area contributed by atoms with Crippen molar-refractivity contribution in [1.82, 2.24) is 29.5 Å². The minimum atomic E-state index is -0.268. The zero-order valence-corrected chi connectivity index (χ0v) is 28.0. The van der Waals surface area contributed by atoms with Crippen LogP contribution in [0.4, 0.5) is 11.5 Å². The molecule has 0 spiro atoms. The first-order valence-corrected chi connectivity index (χ1v) is 16.9. The van der Waals surface area contributed by atoms with Gasteiger partial charge in [0.2, 0.25) is 5.91 Å². The lowest BCUT2D eigenvalue weighted by atomic mass is 9.99. The van der Waals surface area contributed by atoms with Gasteiger partial charge in [-0.3, -0.25) is 9.48 Å². The topological polar surface area (TPSA) is 107 Å². The molecule has 248 valence electrons. The first kappa shape index (κ1) is 31.6. The summed E-state index contributed by atoms with van der Waals surface area (Å²) in [5, 5.41) is 16.4. The van der Waals surface area contributed by atoms with Gasteiger partial charge in [0.25, 0.3) is 0 Å². The molecule has 2 unspecified atom stereocenters. The average molecular weight is 646 g/mol. The van der Waals surface area contributed by atoms with Crippen molar-refractivity contribution < 1.29 is 9.53 Å². The summed E-state index contributed by atoms with van der Waals surface area (Å²) in [5.74, 6) is 0.763. The zero-order chi connectivity index (χ0) is 33.2. The van der Waals surface area contributed by atoms with E-state index in [4.69, 9.17) is 14.7 Å². The molecule has 2 saturated heterocycles. The van der Waals surface area contributed by atoms with E-state index in [0.717, 1.165) is 48.6 Å². The van der Waals surface area contributed by atoms with Crippen molar-refractivity contribution in [3.8, 4) is 12.1 Å². The summed E-state index contributed by atoms with van der Waals surface area (Å²) < 4.78 is 8.06. The third-order valence-electron chi connectivity index (χ3n) is 10.1. The normalized spacial score (nSPS) is 20.0. The van der Waals surface area contributed by atoms with Crippen molar-refractivity contribution in [2.75, 3.05) is 56.2 Å². The van der Waals surface area contributed by atoms with Crippen LogP contribution in [0.3, 0.4) is 0 Å². The molecule has 11 heteroatoms. The highest BCUT2D eigenvalue weighted by Gasteiger charge is 2.34. The number of aromatic nitrogens is 4. The van der Waals surface area contributed by atoms with Crippen molar-refractivity contribution in [3.05, 3.63) is 77.3 Å². The van der Waals surface area contributed by atoms with Crippen LogP contribution in [0.15, 0.2) is 54.9 Å². The Hall–Kier alpha value is -4.95. The van der Waals surface area contributed by atoms with Gasteiger partial charge in [0.1, 0.15) is 12.4 Å². The number of carbonyl (C=O) groups excluding carboxylic acids is 1. The molecule has 0 aliphatic carbocycles. The van der Waals surface area contributed by atoms with Crippen molar-refractivity contribution in [1.29, 1.82) is 5.26 Å². The summed E-state index contributed by atoms with van der Waals surface area (Å²) in [7, 11) is 3.99. The van der Waals surface area contributed by atoms with E-state index >= 15 is 0 Å². The number of fused-ring (bicyclic) bond motifs is 2. The number of hydrogen-bond acceptors (Lipinski definition) is 9. The Labute approximate surface area is 282 Å². The number of likely N-dealkylation sites (tertiary alicyclic amines) is 1. The molecule has 0 N–H and O–H groups in total. The number of anilines is 2. The number of benzene rings is 2. The molecule has 1 amide bonds. The molecule has 0 saturated carbocycles. The highest BCUT2D eigenvalue weighted by Crippen LogP contribution is 2.36. The van der Waals surface area contributed by atoms with Crippen LogP contribution in [0.2, 0.25) is 0 Å². The van der Waals surface area contributed by atoms with Gasteiger partial charge >= 0.3 is 6.01 Å². The highest BCUT2D eigenvalue weighted by atomic mass is 16.5. The Morgan fingerprint density at radius 2 is 1.92 bits per heavy atom. The molecule has 2 atom stereocenters. The molecule has 3 aliphatic rings. The second kappa shape index (κ2) is 13.6. The van der Waals surface area contributed by atoms with Gasteiger partial charge in [0.05, 0.1) is 37.0 Å². The molecule has 4 aromatic rings. The number of hydrogen-bond donors (Lipinski definition) is 0. The van der Waals surface area contributed by atoms with E-state index < -0.39 is 0 Å². The number of likely N-dealkylation sites (N-methyl/N-ethyl adjacent to an activating group) is 1. The van der Waals surface area contributed by atoms with Gasteiger partial charge in [-0.2, -0.15) is 20.3 Å². The molecule has 48 heavy (non-hydrogen) atoms. The van der Waals surface area contributed by atoms with Gasteiger partial charge in [0.15, 0.2) is 0 Å². The molecule has 11 nitrogen and oxygen atoms in total. The molecule has 3 aliphatic heterocycles. The van der Waals surface area contributed by atoms with Crippen LogP contribution in [-0.2, 0) is 24.8 Å². The number of carbonyl (C=O) groups is 1. The number of nitriles is 1. The summed E-state index contributed by atoms with van der Waals surface area (Å²) in [6.07, 6.45) is 10.2. The van der Waals surface area contributed by atoms with Crippen LogP contribution in [0.1, 0.15) is 41.6 Å². The fourth-order valence-electron chi connectivity index (χ4n) is 7.46. The summed E-state index contributed by atoms with van der Waals surface area (Å²) in [4.78, 5) is 32.3. The predicted octanol–water partition coefficient (Wildman–Crippen LogP) is 4.35. The Bertz CT molecular complexity index is 1870. The number of piperazine rings is 1. The number of nitrogens with zero attached hydrogens (tertiary/aromatic N) is 9. The largest absolute Gasteiger partial charge is 0.462 e. The Morgan fingerprint density at radius 3 is 2.69 bits per heavy atom. The molecule has 2 fully saturated rings. The smallest absolute Gasteiger partial charge is 0.318 e. The third-order valence-corrected chi connectivity index (χ3v) is 10.1.